The molecule has 1 aliphatic rings. The van der Waals surface area contributed by atoms with Gasteiger partial charge >= 0.3 is 0 Å². The van der Waals surface area contributed by atoms with Crippen molar-refractivity contribution < 1.29 is 28.6 Å². The van der Waals surface area contributed by atoms with E-state index in [1.54, 1.807) is 31.4 Å². The van der Waals surface area contributed by atoms with Crippen LogP contribution in [0.1, 0.15) is 42.5 Å². The number of likely N-dealkylation sites (tertiary alicyclic amines) is 1. The minimum absolute atomic E-state index is 0.312. The van der Waals surface area contributed by atoms with Crippen LogP contribution in [-0.4, -0.2) is 60.2 Å². The molecule has 1 fully saturated rings. The number of hydrogen-bond donors (Lipinski definition) is 2. The number of piperidine rings is 1. The fourth-order valence-corrected chi connectivity index (χ4v) is 4.24. The zero-order valence-electron chi connectivity index (χ0n) is 18.2. The van der Waals surface area contributed by atoms with Gasteiger partial charge in [-0.05, 0) is 62.2 Å². The molecule has 1 atom stereocenters. The van der Waals surface area contributed by atoms with Crippen LogP contribution in [0, 0.1) is 5.82 Å². The van der Waals surface area contributed by atoms with E-state index >= 15 is 0 Å². The summed E-state index contributed by atoms with van der Waals surface area (Å²) < 4.78 is 29.9. The summed E-state index contributed by atoms with van der Waals surface area (Å²) in [6.07, 6.45) is 1.92. The van der Waals surface area contributed by atoms with E-state index in [-0.39, 0.29) is 12.4 Å². The van der Waals surface area contributed by atoms with Crippen molar-refractivity contribution in [2.45, 2.75) is 31.3 Å². The summed E-state index contributed by atoms with van der Waals surface area (Å²) in [5.74, 6) is 1.17. The largest absolute Gasteiger partial charge is 0.493 e. The van der Waals surface area contributed by atoms with Gasteiger partial charge in [-0.2, -0.15) is 0 Å². The van der Waals surface area contributed by atoms with Crippen molar-refractivity contribution >= 4 is 11.0 Å². The molecule has 2 heterocycles. The highest BCUT2D eigenvalue weighted by molar-refractivity contribution is 5.79. The number of aliphatic hydroxyl groups is 2. The van der Waals surface area contributed by atoms with E-state index in [2.05, 4.69) is 10.1 Å². The van der Waals surface area contributed by atoms with Crippen LogP contribution in [0.3, 0.4) is 0 Å². The van der Waals surface area contributed by atoms with E-state index < -0.39 is 6.10 Å². The first kappa shape index (κ1) is 22.5. The molecule has 8 heteroatoms. The second-order valence-electron chi connectivity index (χ2n) is 8.13. The molecular weight excluding hydrogens is 415 g/mol. The molecule has 0 saturated carbocycles. The number of aromatic nitrogens is 1. The highest BCUT2D eigenvalue weighted by Crippen LogP contribution is 2.33. The lowest BCUT2D eigenvalue weighted by atomic mass is 9.91. The normalized spacial score (nSPS) is 16.4. The summed E-state index contributed by atoms with van der Waals surface area (Å²) in [5, 5.41) is 24.0. The molecule has 7 nitrogen and oxygen atoms in total. The Morgan fingerprint density at radius 3 is 2.75 bits per heavy atom. The Balaban J connectivity index is 1.23. The van der Waals surface area contributed by atoms with E-state index in [1.807, 2.05) is 0 Å². The molecular formula is C24H29FN2O5. The van der Waals surface area contributed by atoms with Crippen LogP contribution in [0.5, 0.6) is 11.5 Å². The molecule has 32 heavy (non-hydrogen) atoms. The molecule has 4 rings (SSSR count). The number of aliphatic hydroxyl groups excluding tert-OH is 2. The monoisotopic (exact) mass is 444 g/mol. The van der Waals surface area contributed by atoms with Gasteiger partial charge in [-0.25, -0.2) is 4.39 Å². The first-order valence-corrected chi connectivity index (χ1v) is 11.0. The highest BCUT2D eigenvalue weighted by atomic mass is 19.1. The minimum Gasteiger partial charge on any atom is -0.493 e. The molecule has 1 aromatic heterocycles. The first-order chi connectivity index (χ1) is 15.6. The smallest absolute Gasteiger partial charge is 0.170 e. The maximum Gasteiger partial charge on any atom is 0.170 e. The van der Waals surface area contributed by atoms with Gasteiger partial charge in [-0.1, -0.05) is 11.2 Å². The highest BCUT2D eigenvalue weighted by Gasteiger charge is 2.25. The lowest BCUT2D eigenvalue weighted by molar-refractivity contribution is 0.0953. The lowest BCUT2D eigenvalue weighted by Gasteiger charge is -2.31. The number of benzene rings is 2. The van der Waals surface area contributed by atoms with Crippen molar-refractivity contribution in [3.63, 3.8) is 0 Å². The summed E-state index contributed by atoms with van der Waals surface area (Å²) in [5.41, 5.74) is 2.03. The molecule has 0 radical (unpaired) electrons. The molecule has 0 bridgehead atoms. The molecule has 1 saturated heterocycles. The van der Waals surface area contributed by atoms with Gasteiger partial charge in [0.15, 0.2) is 17.1 Å². The van der Waals surface area contributed by atoms with Crippen molar-refractivity contribution in [3.05, 3.63) is 53.5 Å². The van der Waals surface area contributed by atoms with Gasteiger partial charge < -0.3 is 29.1 Å². The summed E-state index contributed by atoms with van der Waals surface area (Å²) in [6.45, 7) is 3.08. The quantitative estimate of drug-likeness (QED) is 0.487. The SMILES string of the molecule is COc1cc(C(O)CO)ccc1OCCCN1CCC(c2noc3cc(F)ccc23)CC1. The summed E-state index contributed by atoms with van der Waals surface area (Å²) >= 11 is 0. The van der Waals surface area contributed by atoms with Crippen molar-refractivity contribution in [2.24, 2.45) is 0 Å². The fraction of sp³-hybridized carbons (Fsp3) is 0.458. The van der Waals surface area contributed by atoms with E-state index in [0.29, 0.717) is 35.2 Å². The van der Waals surface area contributed by atoms with Crippen molar-refractivity contribution in [1.29, 1.82) is 0 Å². The molecule has 2 N–H and O–H groups in total. The van der Waals surface area contributed by atoms with Crippen LogP contribution in [0.4, 0.5) is 4.39 Å². The molecule has 1 unspecified atom stereocenters. The average Bonchev–Trinajstić information content (AvgIpc) is 3.24. The van der Waals surface area contributed by atoms with E-state index in [0.717, 1.165) is 50.0 Å². The Bertz CT molecular complexity index is 1030. The topological polar surface area (TPSA) is 88.2 Å². The van der Waals surface area contributed by atoms with Crippen molar-refractivity contribution in [1.82, 2.24) is 10.1 Å². The van der Waals surface area contributed by atoms with Crippen LogP contribution in [-0.2, 0) is 0 Å². The molecule has 0 aliphatic carbocycles. The summed E-state index contributed by atoms with van der Waals surface area (Å²) in [6, 6.07) is 9.76. The third-order valence-electron chi connectivity index (χ3n) is 6.06. The van der Waals surface area contributed by atoms with Crippen molar-refractivity contribution in [2.75, 3.05) is 40.0 Å². The third kappa shape index (κ3) is 5.03. The molecule has 172 valence electrons. The van der Waals surface area contributed by atoms with Crippen LogP contribution in [0.15, 0.2) is 40.9 Å². The Morgan fingerprint density at radius 1 is 1.19 bits per heavy atom. The molecule has 3 aromatic rings. The number of methoxy groups -OCH3 is 1. The maximum absolute atomic E-state index is 13.4. The van der Waals surface area contributed by atoms with E-state index in [1.165, 1.54) is 12.1 Å². The zero-order chi connectivity index (χ0) is 22.5. The van der Waals surface area contributed by atoms with Gasteiger partial charge in [-0.15, -0.1) is 0 Å². The zero-order valence-corrected chi connectivity index (χ0v) is 18.2. The predicted octanol–water partition coefficient (Wildman–Crippen LogP) is 3.65. The summed E-state index contributed by atoms with van der Waals surface area (Å²) in [4.78, 5) is 2.42. The second-order valence-corrected chi connectivity index (χ2v) is 8.13. The molecule has 1 aliphatic heterocycles. The Labute approximate surface area is 186 Å². The van der Waals surface area contributed by atoms with Gasteiger partial charge in [-0.3, -0.25) is 0 Å². The number of halogens is 1. The van der Waals surface area contributed by atoms with Gasteiger partial charge in [0.1, 0.15) is 11.9 Å². The van der Waals surface area contributed by atoms with Gasteiger partial charge in [0.05, 0.1) is 26.0 Å². The van der Waals surface area contributed by atoms with Crippen LogP contribution in [0.25, 0.3) is 11.0 Å². The predicted molar refractivity (Wildman–Crippen MR) is 118 cm³/mol. The van der Waals surface area contributed by atoms with E-state index in [9.17, 15) is 9.50 Å². The number of fused-ring (bicyclic) bond motifs is 1. The lowest BCUT2D eigenvalue weighted by Crippen LogP contribution is -2.34. The van der Waals surface area contributed by atoms with E-state index in [4.69, 9.17) is 19.1 Å². The summed E-state index contributed by atoms with van der Waals surface area (Å²) in [7, 11) is 1.55. The molecule has 0 spiro atoms. The average molecular weight is 445 g/mol. The standard InChI is InChI=1S/C24H29FN2O5/c1-30-23-13-17(20(29)15-28)3-6-21(23)31-12-2-9-27-10-7-16(8-11-27)24-19-5-4-18(25)14-22(19)32-26-24/h3-6,13-14,16,20,28-29H,2,7-12,15H2,1H3. The van der Waals surface area contributed by atoms with Gasteiger partial charge in [0, 0.05) is 23.9 Å². The van der Waals surface area contributed by atoms with Crippen LogP contribution in [0.2, 0.25) is 0 Å². The number of nitrogens with zero attached hydrogens (tertiary/aromatic N) is 2. The van der Waals surface area contributed by atoms with Gasteiger partial charge in [0.25, 0.3) is 0 Å². The Kier molecular flexibility index (Phi) is 7.24. The third-order valence-corrected chi connectivity index (χ3v) is 6.06. The van der Waals surface area contributed by atoms with Gasteiger partial charge in [0.2, 0.25) is 0 Å². The van der Waals surface area contributed by atoms with Crippen molar-refractivity contribution in [3.8, 4) is 11.5 Å². The van der Waals surface area contributed by atoms with Crippen LogP contribution < -0.4 is 9.47 Å². The Hall–Kier alpha value is -2.68. The molecule has 2 aromatic carbocycles. The first-order valence-electron chi connectivity index (χ1n) is 11.0. The second kappa shape index (κ2) is 10.3. The fourth-order valence-electron chi connectivity index (χ4n) is 4.24. The number of ether oxygens (including phenoxy) is 2. The number of rotatable bonds is 9. The molecule has 0 amide bonds. The minimum atomic E-state index is -0.933. The Morgan fingerprint density at radius 2 is 2.00 bits per heavy atom. The number of hydrogen-bond acceptors (Lipinski definition) is 7. The van der Waals surface area contributed by atoms with Crippen LogP contribution >= 0.6 is 0 Å². The maximum atomic E-state index is 13.4.